The molecule has 49 heavy (non-hydrogen) atoms. The van der Waals surface area contributed by atoms with Crippen molar-refractivity contribution in [2.24, 2.45) is 23.2 Å². The van der Waals surface area contributed by atoms with Crippen LogP contribution in [-0.2, 0) is 28.7 Å². The summed E-state index contributed by atoms with van der Waals surface area (Å²) in [6, 6.07) is 6.23. The Morgan fingerprint density at radius 1 is 0.959 bits per heavy atom. The van der Waals surface area contributed by atoms with Crippen molar-refractivity contribution in [3.05, 3.63) is 35.9 Å². The highest BCUT2D eigenvalue weighted by Crippen LogP contribution is 2.65. The Hall–Kier alpha value is -3.96. The molecule has 4 rings (SSSR count). The van der Waals surface area contributed by atoms with Crippen molar-refractivity contribution in [3.8, 4) is 0 Å². The van der Waals surface area contributed by atoms with E-state index in [1.54, 1.807) is 25.7 Å². The monoisotopic (exact) mass is 681 g/mol. The van der Waals surface area contributed by atoms with E-state index >= 15 is 0 Å². The van der Waals surface area contributed by atoms with Gasteiger partial charge in [-0.1, -0.05) is 76.8 Å². The third-order valence-electron chi connectivity index (χ3n) is 10.3. The first kappa shape index (κ1) is 37.9. The molecule has 1 aromatic carbocycles. The van der Waals surface area contributed by atoms with Gasteiger partial charge in [-0.25, -0.2) is 4.79 Å². The van der Waals surface area contributed by atoms with Gasteiger partial charge in [0, 0.05) is 6.54 Å². The Morgan fingerprint density at radius 3 is 2.22 bits per heavy atom. The van der Waals surface area contributed by atoms with E-state index in [1.807, 2.05) is 44.2 Å². The van der Waals surface area contributed by atoms with Gasteiger partial charge < -0.3 is 30.9 Å². The Labute approximate surface area is 290 Å². The van der Waals surface area contributed by atoms with Crippen LogP contribution in [0, 0.1) is 23.2 Å². The fourth-order valence-corrected chi connectivity index (χ4v) is 7.61. The summed E-state index contributed by atoms with van der Waals surface area (Å²) in [6.07, 6.45) is 4.55. The second-order valence-corrected chi connectivity index (χ2v) is 15.5. The van der Waals surface area contributed by atoms with Crippen molar-refractivity contribution in [1.29, 1.82) is 0 Å². The number of ether oxygens (including phenoxy) is 1. The predicted octanol–water partition coefficient (Wildman–Crippen LogP) is 3.79. The van der Waals surface area contributed by atoms with Crippen molar-refractivity contribution in [1.82, 2.24) is 26.2 Å². The van der Waals surface area contributed by atoms with Crippen molar-refractivity contribution in [3.63, 3.8) is 0 Å². The molecule has 12 heteroatoms. The molecular formula is C37H55N5O7. The van der Waals surface area contributed by atoms with E-state index in [-0.39, 0.29) is 41.5 Å². The first-order valence-corrected chi connectivity index (χ1v) is 17.8. The standard InChI is InChI=1S/C37H55N5O7/c1-8-15-26(31(44)33(46)38-20-27(43)39-22(2)23-16-11-9-12-17-23)40-32(45)30-28-25(37(28,6)7)21-42(30)34(47)29(24-18-13-10-14-19-24)41-35(48)49-36(3,4)5/h9,11-12,16-17,22,24-26,28-30H,8,10,13-15,18-21H2,1-7H3,(H,38,46)(H,39,43)(H,40,45)(H,41,48)/t22-,25+,26?,28+,29+,30+/m1/s1. The minimum atomic E-state index is -1.13. The predicted molar refractivity (Wildman–Crippen MR) is 184 cm³/mol. The molecule has 3 aliphatic rings. The molecule has 0 spiro atoms. The van der Waals surface area contributed by atoms with Gasteiger partial charge in [-0.2, -0.15) is 0 Å². The van der Waals surface area contributed by atoms with Crippen LogP contribution in [0.2, 0.25) is 0 Å². The van der Waals surface area contributed by atoms with Gasteiger partial charge in [0.2, 0.25) is 23.5 Å². The maximum Gasteiger partial charge on any atom is 0.408 e. The molecule has 2 aliphatic carbocycles. The highest BCUT2D eigenvalue weighted by molar-refractivity contribution is 6.38. The Morgan fingerprint density at radius 2 is 1.61 bits per heavy atom. The fourth-order valence-electron chi connectivity index (χ4n) is 7.61. The van der Waals surface area contributed by atoms with Gasteiger partial charge in [0.25, 0.3) is 5.91 Å². The molecule has 4 N–H and O–H groups in total. The van der Waals surface area contributed by atoms with Gasteiger partial charge in [0.1, 0.15) is 17.7 Å². The maximum absolute atomic E-state index is 14.3. The highest BCUT2D eigenvalue weighted by Gasteiger charge is 2.69. The Bertz CT molecular complexity index is 1380. The van der Waals surface area contributed by atoms with Crippen LogP contribution in [0.15, 0.2) is 30.3 Å². The van der Waals surface area contributed by atoms with E-state index in [1.165, 1.54) is 0 Å². The lowest BCUT2D eigenvalue weighted by Crippen LogP contribution is -2.60. The molecule has 1 heterocycles. The van der Waals surface area contributed by atoms with Crippen LogP contribution in [0.5, 0.6) is 0 Å². The zero-order chi connectivity index (χ0) is 36.1. The number of piperidine rings is 1. The van der Waals surface area contributed by atoms with E-state index in [0.717, 1.165) is 37.7 Å². The van der Waals surface area contributed by atoms with Gasteiger partial charge in [0.15, 0.2) is 0 Å². The lowest BCUT2D eigenvalue weighted by atomic mass is 9.83. The number of nitrogens with zero attached hydrogens (tertiary/aromatic N) is 1. The fraction of sp³-hybridized carbons (Fsp3) is 0.676. The van der Waals surface area contributed by atoms with Crippen LogP contribution in [0.25, 0.3) is 0 Å². The number of nitrogens with one attached hydrogen (secondary N) is 4. The number of ketones is 1. The van der Waals surface area contributed by atoms with Crippen LogP contribution in [0.4, 0.5) is 4.79 Å². The molecule has 1 unspecified atom stereocenters. The molecule has 12 nitrogen and oxygen atoms in total. The van der Waals surface area contributed by atoms with Gasteiger partial charge in [-0.15, -0.1) is 0 Å². The zero-order valence-electron chi connectivity index (χ0n) is 30.1. The van der Waals surface area contributed by atoms with Crippen LogP contribution >= 0.6 is 0 Å². The zero-order valence-corrected chi connectivity index (χ0v) is 30.1. The van der Waals surface area contributed by atoms with Crippen molar-refractivity contribution in [2.45, 2.75) is 123 Å². The second-order valence-electron chi connectivity index (χ2n) is 15.5. The summed E-state index contributed by atoms with van der Waals surface area (Å²) in [4.78, 5) is 81.6. The first-order chi connectivity index (χ1) is 23.0. The number of amides is 5. The molecule has 270 valence electrons. The summed E-state index contributed by atoms with van der Waals surface area (Å²) in [5, 5.41) is 10.8. The maximum atomic E-state index is 14.3. The van der Waals surface area contributed by atoms with E-state index < -0.39 is 59.9 Å². The highest BCUT2D eigenvalue weighted by atomic mass is 16.6. The van der Waals surface area contributed by atoms with Gasteiger partial charge in [0.05, 0.1) is 18.6 Å². The Kier molecular flexibility index (Phi) is 12.1. The average molecular weight is 682 g/mol. The van der Waals surface area contributed by atoms with Crippen molar-refractivity contribution < 1.29 is 33.5 Å². The number of carbonyl (C=O) groups is 6. The van der Waals surface area contributed by atoms with Crippen LogP contribution < -0.4 is 21.3 Å². The van der Waals surface area contributed by atoms with Crippen LogP contribution in [-0.4, -0.2) is 77.2 Å². The van der Waals surface area contributed by atoms with E-state index in [2.05, 4.69) is 35.1 Å². The third kappa shape index (κ3) is 9.39. The molecule has 0 radical (unpaired) electrons. The summed E-state index contributed by atoms with van der Waals surface area (Å²) in [7, 11) is 0. The summed E-state index contributed by atoms with van der Waals surface area (Å²) in [5.41, 5.74) is -0.0391. The number of rotatable bonds is 13. The SMILES string of the molecule is CCCC(NC(=O)[C@@H]1[C@@H]2[C@H](CN1C(=O)[C@@H](NC(=O)OC(C)(C)C)C1CCCCC1)C2(C)C)C(=O)C(=O)NCC(=O)N[C@H](C)c1ccccc1. The Balaban J connectivity index is 1.44. The average Bonchev–Trinajstić information content (AvgIpc) is 3.36. The normalized spacial score (nSPS) is 23.2. The lowest BCUT2D eigenvalue weighted by molar-refractivity contribution is -0.145. The smallest absolute Gasteiger partial charge is 0.408 e. The van der Waals surface area contributed by atoms with Crippen LogP contribution in [0.3, 0.4) is 0 Å². The molecule has 2 saturated carbocycles. The quantitative estimate of drug-likeness (QED) is 0.230. The number of benzene rings is 1. The number of likely N-dealkylation sites (tertiary alicyclic amines) is 1. The van der Waals surface area contributed by atoms with Crippen molar-refractivity contribution >= 4 is 35.5 Å². The van der Waals surface area contributed by atoms with Crippen LogP contribution in [0.1, 0.15) is 105 Å². The van der Waals surface area contributed by atoms with Gasteiger partial charge in [-0.3, -0.25) is 24.0 Å². The molecule has 1 aliphatic heterocycles. The topological polar surface area (TPSA) is 163 Å². The molecular weight excluding hydrogens is 626 g/mol. The van der Waals surface area contributed by atoms with E-state index in [0.29, 0.717) is 13.0 Å². The number of hydrogen-bond donors (Lipinski definition) is 4. The molecule has 6 atom stereocenters. The van der Waals surface area contributed by atoms with Crippen molar-refractivity contribution in [2.75, 3.05) is 13.1 Å². The molecule has 0 aromatic heterocycles. The summed E-state index contributed by atoms with van der Waals surface area (Å²) in [6.45, 7) is 13.0. The minimum absolute atomic E-state index is 0.0844. The number of alkyl carbamates (subject to hydrolysis) is 1. The number of hydrogen-bond acceptors (Lipinski definition) is 7. The molecule has 0 bridgehead atoms. The largest absolute Gasteiger partial charge is 0.444 e. The summed E-state index contributed by atoms with van der Waals surface area (Å²) < 4.78 is 5.51. The summed E-state index contributed by atoms with van der Waals surface area (Å²) >= 11 is 0. The molecule has 3 fully saturated rings. The van der Waals surface area contributed by atoms with E-state index in [9.17, 15) is 28.8 Å². The number of Topliss-reactive ketones (excluding diaryl/α,β-unsaturated/α-hetero) is 1. The second kappa shape index (κ2) is 15.7. The van der Waals surface area contributed by atoms with E-state index in [4.69, 9.17) is 4.74 Å². The molecule has 1 aromatic rings. The lowest BCUT2D eigenvalue weighted by Gasteiger charge is -2.37. The summed E-state index contributed by atoms with van der Waals surface area (Å²) in [5.74, 6) is -3.24. The van der Waals surface area contributed by atoms with Gasteiger partial charge in [-0.05, 0) is 75.7 Å². The number of fused-ring (bicyclic) bond motifs is 1. The molecule has 1 saturated heterocycles. The minimum Gasteiger partial charge on any atom is -0.444 e. The first-order valence-electron chi connectivity index (χ1n) is 17.8. The number of carbonyl (C=O) groups excluding carboxylic acids is 6. The molecule has 5 amide bonds. The third-order valence-corrected chi connectivity index (χ3v) is 10.3. The van der Waals surface area contributed by atoms with Gasteiger partial charge >= 0.3 is 6.09 Å².